The minimum atomic E-state index is -5.18. The Balaban J connectivity index is 1.36. The van der Waals surface area contributed by atoms with Crippen molar-refractivity contribution in [1.29, 1.82) is 0 Å². The number of phenols is 1. The van der Waals surface area contributed by atoms with Crippen LogP contribution in [0.1, 0.15) is 42.9 Å². The second kappa shape index (κ2) is 13.6. The van der Waals surface area contributed by atoms with E-state index < -0.39 is 72.0 Å². The molecule has 3 aromatic rings. The predicted octanol–water partition coefficient (Wildman–Crippen LogP) is 7.69. The first-order valence-electron chi connectivity index (χ1n) is 16.0. The van der Waals surface area contributed by atoms with Gasteiger partial charge in [0.05, 0.1) is 34.8 Å². The van der Waals surface area contributed by atoms with Gasteiger partial charge in [0.15, 0.2) is 0 Å². The Morgan fingerprint density at radius 3 is 2.20 bits per heavy atom. The van der Waals surface area contributed by atoms with Crippen LogP contribution in [0.5, 0.6) is 11.5 Å². The number of hydrogen-bond donors (Lipinski definition) is 2. The number of para-hydroxylation sites is 1. The molecule has 262 valence electrons. The van der Waals surface area contributed by atoms with Gasteiger partial charge in [0, 0.05) is 0 Å². The highest BCUT2D eigenvalue weighted by molar-refractivity contribution is 6.43. The highest BCUT2D eigenvalue weighted by atomic mass is 19.4. The number of hydrogen-bond acceptors (Lipinski definition) is 6. The first kappa shape index (κ1) is 35.3. The van der Waals surface area contributed by atoms with Gasteiger partial charge in [-0.3, -0.25) is 9.59 Å². The van der Waals surface area contributed by atoms with Gasteiger partial charge in [0.1, 0.15) is 18.1 Å². The summed E-state index contributed by atoms with van der Waals surface area (Å²) in [6, 6.07) is 16.1. The van der Waals surface area contributed by atoms with E-state index in [0.717, 1.165) is 11.1 Å². The van der Waals surface area contributed by atoms with Crippen molar-refractivity contribution in [1.82, 2.24) is 0 Å². The molecule has 0 saturated carbocycles. The maximum atomic E-state index is 14.1. The molecule has 0 radical (unpaired) electrons. The number of amides is 2. The summed E-state index contributed by atoms with van der Waals surface area (Å²) in [5, 5.41) is 20.5. The van der Waals surface area contributed by atoms with Crippen LogP contribution < -0.4 is 9.64 Å². The third kappa shape index (κ3) is 7.31. The van der Waals surface area contributed by atoms with E-state index in [1.165, 1.54) is 0 Å². The largest absolute Gasteiger partial charge is 0.508 e. The van der Waals surface area contributed by atoms with Gasteiger partial charge in [-0.05, 0) is 97.6 Å². The highest BCUT2D eigenvalue weighted by Crippen LogP contribution is 2.52. The minimum absolute atomic E-state index is 0.0272. The number of alkyl halides is 6. The van der Waals surface area contributed by atoms with E-state index in [4.69, 9.17) is 9.39 Å². The molecule has 2 heterocycles. The van der Waals surface area contributed by atoms with Crippen LogP contribution in [0.2, 0.25) is 6.32 Å². The molecule has 2 saturated heterocycles. The van der Waals surface area contributed by atoms with E-state index >= 15 is 0 Å². The van der Waals surface area contributed by atoms with E-state index in [2.05, 4.69) is 0 Å². The Morgan fingerprint density at radius 2 is 1.58 bits per heavy atom. The summed E-state index contributed by atoms with van der Waals surface area (Å²) >= 11 is 0. The molecule has 0 aromatic heterocycles. The number of anilines is 1. The molecule has 2 fully saturated rings. The van der Waals surface area contributed by atoms with Gasteiger partial charge in [0.25, 0.3) is 0 Å². The molecule has 3 aliphatic rings. The first-order valence-corrected chi connectivity index (χ1v) is 16.0. The van der Waals surface area contributed by atoms with Crippen molar-refractivity contribution < 1.29 is 55.5 Å². The Bertz CT molecular complexity index is 1790. The fourth-order valence-electron chi connectivity index (χ4n) is 7.19. The summed E-state index contributed by atoms with van der Waals surface area (Å²) in [7, 11) is -1.35. The van der Waals surface area contributed by atoms with E-state index in [1.807, 2.05) is 13.0 Å². The fourth-order valence-corrected chi connectivity index (χ4v) is 7.19. The summed E-state index contributed by atoms with van der Waals surface area (Å²) in [6.07, 6.45) is -8.51. The van der Waals surface area contributed by atoms with Crippen molar-refractivity contribution in [3.8, 4) is 11.5 Å². The number of aromatic hydroxyl groups is 1. The predicted molar refractivity (Wildman–Crippen MR) is 172 cm³/mol. The lowest BCUT2D eigenvalue weighted by Crippen LogP contribution is -2.46. The summed E-state index contributed by atoms with van der Waals surface area (Å²) in [4.78, 5) is 28.4. The molecular weight excluding hydrogens is 667 g/mol. The van der Waals surface area contributed by atoms with E-state index in [-0.39, 0.29) is 31.2 Å². The van der Waals surface area contributed by atoms with Crippen molar-refractivity contribution in [3.63, 3.8) is 0 Å². The van der Waals surface area contributed by atoms with Crippen LogP contribution in [-0.4, -0.2) is 41.8 Å². The Labute approximate surface area is 284 Å². The maximum Gasteiger partial charge on any atom is 0.455 e. The Kier molecular flexibility index (Phi) is 9.62. The third-order valence-corrected chi connectivity index (χ3v) is 9.40. The number of ether oxygens (including phenoxy) is 1. The third-order valence-electron chi connectivity index (χ3n) is 9.40. The molecule has 14 heteroatoms. The molecule has 0 bridgehead atoms. The van der Waals surface area contributed by atoms with Crippen LogP contribution >= 0.6 is 0 Å². The minimum Gasteiger partial charge on any atom is -0.508 e. The molecule has 4 atom stereocenters. The molecular formula is C36H32BF6NO6. The summed E-state index contributed by atoms with van der Waals surface area (Å²) in [5.41, 5.74) is -1.09. The second-order valence-electron chi connectivity index (χ2n) is 12.8. The van der Waals surface area contributed by atoms with Crippen molar-refractivity contribution in [2.24, 2.45) is 17.8 Å². The van der Waals surface area contributed by atoms with Crippen LogP contribution in [0.3, 0.4) is 0 Å². The van der Waals surface area contributed by atoms with Gasteiger partial charge in [-0.2, -0.15) is 26.3 Å². The van der Waals surface area contributed by atoms with Crippen molar-refractivity contribution in [2.45, 2.75) is 51.0 Å². The number of carbonyl (C=O) groups excluding carboxylic acids is 2. The fraction of sp³-hybridized carbons (Fsp3) is 0.333. The molecule has 2 N–H and O–H groups in total. The lowest BCUT2D eigenvalue weighted by atomic mass is 9.58. The average molecular weight is 699 g/mol. The Hall–Kier alpha value is -4.56. The second-order valence-corrected chi connectivity index (χ2v) is 12.8. The number of benzene rings is 3. The zero-order valence-corrected chi connectivity index (χ0v) is 26.7. The summed E-state index contributed by atoms with van der Waals surface area (Å²) < 4.78 is 94.4. The summed E-state index contributed by atoms with van der Waals surface area (Å²) in [6.45, 7) is 1.87. The van der Waals surface area contributed by atoms with Gasteiger partial charge in [-0.25, -0.2) is 4.90 Å². The Morgan fingerprint density at radius 1 is 0.940 bits per heavy atom. The number of imide groups is 1. The van der Waals surface area contributed by atoms with E-state index in [0.29, 0.717) is 46.8 Å². The number of nitrogens with zero attached hydrogens (tertiary/aromatic N) is 1. The maximum absolute atomic E-state index is 14.1. The zero-order valence-electron chi connectivity index (χ0n) is 26.7. The first-order chi connectivity index (χ1) is 23.6. The molecule has 7 nitrogen and oxygen atoms in total. The molecule has 2 amide bonds. The van der Waals surface area contributed by atoms with E-state index in [9.17, 15) is 46.1 Å². The highest BCUT2D eigenvalue weighted by Gasteiger charge is 2.58. The van der Waals surface area contributed by atoms with Crippen LogP contribution in [0, 0.1) is 17.8 Å². The van der Waals surface area contributed by atoms with Crippen LogP contribution in [0.15, 0.2) is 89.5 Å². The molecule has 50 heavy (non-hydrogen) atoms. The smallest absolute Gasteiger partial charge is 0.455 e. The molecule has 2 aliphatic heterocycles. The van der Waals surface area contributed by atoms with Crippen molar-refractivity contribution in [3.05, 3.63) is 106 Å². The number of allylic oxidation sites excluding steroid dienone is 1. The molecule has 6 rings (SSSR count). The van der Waals surface area contributed by atoms with Gasteiger partial charge < -0.3 is 19.5 Å². The van der Waals surface area contributed by atoms with Gasteiger partial charge in [0.2, 0.25) is 11.8 Å². The normalized spacial score (nSPS) is 22.9. The van der Waals surface area contributed by atoms with Gasteiger partial charge in [-0.1, -0.05) is 42.0 Å². The molecule has 1 aliphatic carbocycles. The molecule has 3 aromatic carbocycles. The zero-order chi connectivity index (χ0) is 36.0. The van der Waals surface area contributed by atoms with Crippen LogP contribution in [0.25, 0.3) is 6.08 Å². The van der Waals surface area contributed by atoms with Gasteiger partial charge >= 0.3 is 19.5 Å². The topological polar surface area (TPSA) is 96.3 Å². The lowest BCUT2D eigenvalue weighted by molar-refractivity contribution is -0.143. The van der Waals surface area contributed by atoms with Crippen LogP contribution in [-0.2, 0) is 26.6 Å². The van der Waals surface area contributed by atoms with E-state index in [1.54, 1.807) is 54.6 Å². The molecule has 0 unspecified atom stereocenters. The van der Waals surface area contributed by atoms with Gasteiger partial charge in [-0.15, -0.1) is 0 Å². The van der Waals surface area contributed by atoms with Crippen molar-refractivity contribution in [2.75, 3.05) is 11.5 Å². The SMILES string of the molecule is C/C(=C\c1ccc(O)cc1)CC[C@H]1OB(O)C[C@H]2C1=C(COc1ccccc1)C[C@H]1C(=O)N(c3cc(C(F)(F)F)cc(C(F)(F)F)c3)C(=O)[C@H]12. The number of halogens is 6. The number of carbonyl (C=O) groups is 2. The average Bonchev–Trinajstić information content (AvgIpc) is 3.31. The number of fused-ring (bicyclic) bond motifs is 3. The molecule has 0 spiro atoms. The monoisotopic (exact) mass is 699 g/mol. The lowest BCUT2D eigenvalue weighted by Gasteiger charge is -2.43. The quantitative estimate of drug-likeness (QED) is 0.108. The standard InChI is InChI=1S/C36H32BF6NO6/c1-20(13-21-8-10-26(45)11-9-21)7-12-30-31-22(19-49-27-5-3-2-4-6-27)14-28-32(29(31)18-37(48)50-30)34(47)44(33(28)46)25-16-23(35(38,39)40)15-24(17-25)36(41,42)43/h2-6,8-11,13,15-17,28-30,32,45,48H,7,12,14,18-19H2,1H3/b20-13+/t28-,29+,30-,32-/m1/s1. The summed E-state index contributed by atoms with van der Waals surface area (Å²) in [5.74, 6) is -4.29. The number of phenolic OH excluding ortho intramolecular Hbond substituents is 1. The number of rotatable bonds is 8. The van der Waals surface area contributed by atoms with Crippen LogP contribution in [0.4, 0.5) is 32.0 Å². The van der Waals surface area contributed by atoms with Crippen molar-refractivity contribution >= 4 is 30.7 Å².